The Labute approximate surface area is 128 Å². The number of rotatable bonds is 3. The van der Waals surface area contributed by atoms with E-state index in [1.807, 2.05) is 6.92 Å². The largest absolute Gasteiger partial charge is 0.573 e. The van der Waals surface area contributed by atoms with Crippen molar-refractivity contribution in [2.75, 3.05) is 0 Å². The predicted octanol–water partition coefficient (Wildman–Crippen LogP) is 3.73. The summed E-state index contributed by atoms with van der Waals surface area (Å²) in [6.07, 6.45) is -4.72. The molecule has 0 amide bonds. The number of carbonyl (C=O) groups excluding carboxylic acids is 1. The summed E-state index contributed by atoms with van der Waals surface area (Å²) in [4.78, 5) is 17.0. The molecule has 0 aliphatic carbocycles. The van der Waals surface area contributed by atoms with Gasteiger partial charge >= 0.3 is 6.36 Å². The molecule has 0 atom stereocenters. The maximum absolute atomic E-state index is 12.1. The SMILES string of the molecule is CC(=O)c1s/c(=N/c2ccc(OC(F)(F)F)cc2)n(C)c1C. The third kappa shape index (κ3) is 3.76. The second kappa shape index (κ2) is 5.96. The smallest absolute Gasteiger partial charge is 0.406 e. The molecule has 0 unspecified atom stereocenters. The lowest BCUT2D eigenvalue weighted by atomic mass is 10.3. The van der Waals surface area contributed by atoms with Gasteiger partial charge in [0.05, 0.1) is 10.6 Å². The summed E-state index contributed by atoms with van der Waals surface area (Å²) in [5, 5.41) is 0. The first kappa shape index (κ1) is 16.3. The van der Waals surface area contributed by atoms with Crippen LogP contribution >= 0.6 is 11.3 Å². The van der Waals surface area contributed by atoms with E-state index in [0.717, 1.165) is 5.69 Å². The number of carbonyl (C=O) groups is 1. The summed E-state index contributed by atoms with van der Waals surface area (Å²) in [6, 6.07) is 5.23. The Morgan fingerprint density at radius 2 is 1.86 bits per heavy atom. The minimum absolute atomic E-state index is 0.0477. The number of aromatic nitrogens is 1. The number of ether oxygens (including phenoxy) is 1. The van der Waals surface area contributed by atoms with E-state index in [0.29, 0.717) is 15.4 Å². The zero-order chi connectivity index (χ0) is 16.5. The van der Waals surface area contributed by atoms with Gasteiger partial charge in [-0.3, -0.25) is 4.79 Å². The summed E-state index contributed by atoms with van der Waals surface area (Å²) in [7, 11) is 1.78. The topological polar surface area (TPSA) is 43.6 Å². The average Bonchev–Trinajstić information content (AvgIpc) is 2.68. The summed E-state index contributed by atoms with van der Waals surface area (Å²) in [5.41, 5.74) is 1.27. The number of halogens is 3. The number of alkyl halides is 3. The van der Waals surface area contributed by atoms with Crippen molar-refractivity contribution < 1.29 is 22.7 Å². The number of thiazole rings is 1. The maximum atomic E-state index is 12.1. The highest BCUT2D eigenvalue weighted by molar-refractivity contribution is 7.11. The summed E-state index contributed by atoms with van der Waals surface area (Å²) < 4.78 is 41.8. The number of ketones is 1. The second-order valence-electron chi connectivity index (χ2n) is 4.57. The van der Waals surface area contributed by atoms with Crippen LogP contribution in [0.4, 0.5) is 18.9 Å². The van der Waals surface area contributed by atoms with Crippen molar-refractivity contribution in [2.45, 2.75) is 20.2 Å². The third-order valence-corrected chi connectivity index (χ3v) is 4.26. The molecule has 0 aliphatic rings. The van der Waals surface area contributed by atoms with Gasteiger partial charge in [0.1, 0.15) is 5.75 Å². The fraction of sp³-hybridized carbons (Fsp3) is 0.286. The molecule has 0 saturated heterocycles. The van der Waals surface area contributed by atoms with Crippen molar-refractivity contribution in [3.8, 4) is 5.75 Å². The first-order chi connectivity index (χ1) is 10.2. The number of nitrogens with zero attached hydrogens (tertiary/aromatic N) is 2. The van der Waals surface area contributed by atoms with Gasteiger partial charge in [-0.1, -0.05) is 11.3 Å². The van der Waals surface area contributed by atoms with Gasteiger partial charge in [0, 0.05) is 19.7 Å². The molecular weight excluding hydrogens is 317 g/mol. The van der Waals surface area contributed by atoms with Gasteiger partial charge in [0.15, 0.2) is 10.6 Å². The first-order valence-corrected chi connectivity index (χ1v) is 7.07. The molecule has 1 aromatic heterocycles. The molecule has 2 aromatic rings. The molecule has 0 N–H and O–H groups in total. The fourth-order valence-corrected chi connectivity index (χ4v) is 2.82. The minimum Gasteiger partial charge on any atom is -0.406 e. The lowest BCUT2D eigenvalue weighted by molar-refractivity contribution is -0.274. The molecule has 8 heteroatoms. The quantitative estimate of drug-likeness (QED) is 0.805. The van der Waals surface area contributed by atoms with E-state index in [9.17, 15) is 18.0 Å². The van der Waals surface area contributed by atoms with Crippen LogP contribution in [-0.2, 0) is 7.05 Å². The van der Waals surface area contributed by atoms with Crippen LogP contribution in [-0.4, -0.2) is 16.7 Å². The van der Waals surface area contributed by atoms with Crippen LogP contribution in [0.1, 0.15) is 22.3 Å². The number of hydrogen-bond acceptors (Lipinski definition) is 4. The van der Waals surface area contributed by atoms with Crippen molar-refractivity contribution in [3.05, 3.63) is 39.6 Å². The van der Waals surface area contributed by atoms with Crippen LogP contribution < -0.4 is 9.54 Å². The molecule has 0 bridgehead atoms. The lowest BCUT2D eigenvalue weighted by Gasteiger charge is -2.08. The van der Waals surface area contributed by atoms with Crippen LogP contribution in [0.2, 0.25) is 0 Å². The molecule has 0 saturated carbocycles. The molecule has 1 heterocycles. The highest BCUT2D eigenvalue weighted by atomic mass is 32.1. The molecule has 118 valence electrons. The molecule has 0 fully saturated rings. The molecule has 0 radical (unpaired) electrons. The lowest BCUT2D eigenvalue weighted by Crippen LogP contribution is -2.16. The van der Waals surface area contributed by atoms with Crippen molar-refractivity contribution >= 4 is 22.8 Å². The normalized spacial score (nSPS) is 12.5. The van der Waals surface area contributed by atoms with Crippen molar-refractivity contribution in [1.29, 1.82) is 0 Å². The third-order valence-electron chi connectivity index (χ3n) is 2.93. The van der Waals surface area contributed by atoms with E-state index in [1.165, 1.54) is 42.5 Å². The predicted molar refractivity (Wildman–Crippen MR) is 76.4 cm³/mol. The number of Topliss-reactive ketones (excluding diaryl/α,β-unsaturated/α-hetero) is 1. The van der Waals surface area contributed by atoms with Gasteiger partial charge in [-0.2, -0.15) is 0 Å². The number of benzene rings is 1. The Morgan fingerprint density at radius 3 is 2.32 bits per heavy atom. The Bertz CT molecular complexity index is 758. The van der Waals surface area contributed by atoms with E-state index < -0.39 is 6.36 Å². The van der Waals surface area contributed by atoms with Crippen LogP contribution in [0.15, 0.2) is 29.3 Å². The Balaban J connectivity index is 2.34. The van der Waals surface area contributed by atoms with E-state index >= 15 is 0 Å². The summed E-state index contributed by atoms with van der Waals surface area (Å²) in [6.45, 7) is 3.29. The van der Waals surface area contributed by atoms with Gasteiger partial charge in [0.25, 0.3) is 0 Å². The van der Waals surface area contributed by atoms with E-state index in [1.54, 1.807) is 11.6 Å². The molecular formula is C14H13F3N2O2S. The van der Waals surface area contributed by atoms with Crippen molar-refractivity contribution in [1.82, 2.24) is 4.57 Å². The van der Waals surface area contributed by atoms with E-state index in [-0.39, 0.29) is 11.5 Å². The fourth-order valence-electron chi connectivity index (χ4n) is 1.79. The van der Waals surface area contributed by atoms with Crippen LogP contribution in [0.3, 0.4) is 0 Å². The van der Waals surface area contributed by atoms with Crippen molar-refractivity contribution in [2.24, 2.45) is 12.0 Å². The molecule has 22 heavy (non-hydrogen) atoms. The van der Waals surface area contributed by atoms with Gasteiger partial charge in [-0.15, -0.1) is 13.2 Å². The molecule has 2 rings (SSSR count). The van der Waals surface area contributed by atoms with Gasteiger partial charge in [-0.05, 0) is 31.2 Å². The van der Waals surface area contributed by atoms with E-state index in [4.69, 9.17) is 0 Å². The summed E-state index contributed by atoms with van der Waals surface area (Å²) in [5.74, 6) is -0.351. The van der Waals surface area contributed by atoms with Crippen LogP contribution in [0, 0.1) is 6.92 Å². The first-order valence-electron chi connectivity index (χ1n) is 6.25. The standard InChI is InChI=1S/C14H13F3N2O2S/c1-8-12(9(2)20)22-13(19(8)3)18-10-4-6-11(7-5-10)21-14(15,16)17/h4-7H,1-3H3/b18-13+. The average molecular weight is 330 g/mol. The highest BCUT2D eigenvalue weighted by Gasteiger charge is 2.30. The minimum atomic E-state index is -4.72. The van der Waals surface area contributed by atoms with E-state index in [2.05, 4.69) is 9.73 Å². The Morgan fingerprint density at radius 1 is 1.27 bits per heavy atom. The van der Waals surface area contributed by atoms with Gasteiger partial charge in [0.2, 0.25) is 0 Å². The maximum Gasteiger partial charge on any atom is 0.573 e. The zero-order valence-electron chi connectivity index (χ0n) is 12.1. The monoisotopic (exact) mass is 330 g/mol. The van der Waals surface area contributed by atoms with Gasteiger partial charge < -0.3 is 9.30 Å². The van der Waals surface area contributed by atoms with Crippen molar-refractivity contribution in [3.63, 3.8) is 0 Å². The highest BCUT2D eigenvalue weighted by Crippen LogP contribution is 2.24. The molecule has 0 spiro atoms. The number of hydrogen-bond donors (Lipinski definition) is 0. The Kier molecular flexibility index (Phi) is 4.41. The zero-order valence-corrected chi connectivity index (χ0v) is 12.9. The molecule has 1 aromatic carbocycles. The second-order valence-corrected chi connectivity index (χ2v) is 5.55. The molecule has 0 aliphatic heterocycles. The molecule has 4 nitrogen and oxygen atoms in total. The van der Waals surface area contributed by atoms with Gasteiger partial charge in [-0.25, -0.2) is 4.99 Å². The van der Waals surface area contributed by atoms with Crippen LogP contribution in [0.25, 0.3) is 0 Å². The summed E-state index contributed by atoms with van der Waals surface area (Å²) >= 11 is 1.24. The Hall–Kier alpha value is -2.09. The van der Waals surface area contributed by atoms with Crippen LogP contribution in [0.5, 0.6) is 5.75 Å².